The molecule has 2 heterocycles. The van der Waals surface area contributed by atoms with Crippen LogP contribution < -0.4 is 5.32 Å². The zero-order chi connectivity index (χ0) is 17.7. The van der Waals surface area contributed by atoms with Gasteiger partial charge in [0.25, 0.3) is 0 Å². The number of nitro groups is 1. The molecule has 0 bridgehead atoms. The van der Waals surface area contributed by atoms with Crippen LogP contribution in [0.1, 0.15) is 32.3 Å². The van der Waals surface area contributed by atoms with E-state index in [0.29, 0.717) is 5.69 Å². The van der Waals surface area contributed by atoms with Crippen LogP contribution in [0.4, 0.5) is 11.4 Å². The number of hydrogen-bond acceptors (Lipinski definition) is 5. The molecule has 1 atom stereocenters. The highest BCUT2D eigenvalue weighted by Gasteiger charge is 2.23. The predicted octanol–water partition coefficient (Wildman–Crippen LogP) is 3.98. The molecule has 1 saturated heterocycles. The van der Waals surface area contributed by atoms with Crippen molar-refractivity contribution in [3.8, 4) is 0 Å². The van der Waals surface area contributed by atoms with Crippen molar-refractivity contribution in [3.63, 3.8) is 0 Å². The summed E-state index contributed by atoms with van der Waals surface area (Å²) in [4.78, 5) is 17.5. The summed E-state index contributed by atoms with van der Waals surface area (Å²) >= 11 is 0. The zero-order valence-electron chi connectivity index (χ0n) is 14.9. The fourth-order valence-corrected chi connectivity index (χ4v) is 3.07. The second-order valence-corrected chi connectivity index (χ2v) is 6.04. The van der Waals surface area contributed by atoms with Crippen molar-refractivity contribution < 1.29 is 4.92 Å². The summed E-state index contributed by atoms with van der Waals surface area (Å²) in [6.45, 7) is 7.96. The van der Waals surface area contributed by atoms with E-state index in [4.69, 9.17) is 0 Å². The molecule has 24 heavy (non-hydrogen) atoms. The van der Waals surface area contributed by atoms with Gasteiger partial charge in [-0.25, -0.2) is 4.98 Å². The highest BCUT2D eigenvalue weighted by Crippen LogP contribution is 2.33. The maximum Gasteiger partial charge on any atom is 0.311 e. The number of hydrogen-bond donors (Lipinski definition) is 1. The molecule has 1 aliphatic heterocycles. The van der Waals surface area contributed by atoms with Gasteiger partial charge in [-0.05, 0) is 45.5 Å². The number of nitrogens with zero attached hydrogens (tertiary/aromatic N) is 3. The number of anilines is 1. The molecule has 1 fully saturated rings. The third kappa shape index (κ3) is 4.00. The van der Waals surface area contributed by atoms with Crippen molar-refractivity contribution in [2.24, 2.45) is 0 Å². The lowest BCUT2D eigenvalue weighted by Crippen LogP contribution is -2.39. The average Bonchev–Trinajstić information content (AvgIpc) is 2.57. The number of piperidine rings is 1. The predicted molar refractivity (Wildman–Crippen MR) is 98.6 cm³/mol. The van der Waals surface area contributed by atoms with Gasteiger partial charge in [-0.2, -0.15) is 0 Å². The maximum absolute atomic E-state index is 11.4. The minimum Gasteiger partial charge on any atom is -0.375 e. The van der Waals surface area contributed by atoms with Crippen LogP contribution in [0.3, 0.4) is 0 Å². The van der Waals surface area contributed by atoms with E-state index in [-0.39, 0.29) is 16.7 Å². The van der Waals surface area contributed by atoms with Gasteiger partial charge in [0, 0.05) is 18.0 Å². The molecule has 6 nitrogen and oxygen atoms in total. The van der Waals surface area contributed by atoms with Crippen molar-refractivity contribution in [2.75, 3.05) is 25.5 Å². The van der Waals surface area contributed by atoms with Crippen LogP contribution in [0.15, 0.2) is 24.4 Å². The number of likely N-dealkylation sites (N-methyl/N-ethyl adjacent to an activating group) is 1. The van der Waals surface area contributed by atoms with E-state index < -0.39 is 0 Å². The fourth-order valence-electron chi connectivity index (χ4n) is 3.07. The van der Waals surface area contributed by atoms with Gasteiger partial charge in [0.05, 0.1) is 10.4 Å². The molecule has 0 saturated carbocycles. The first-order valence-corrected chi connectivity index (χ1v) is 8.53. The number of nitrogens with one attached hydrogen (secondary N) is 1. The van der Waals surface area contributed by atoms with Crippen molar-refractivity contribution in [3.05, 3.63) is 40.1 Å². The van der Waals surface area contributed by atoms with Crippen molar-refractivity contribution in [1.29, 1.82) is 0 Å². The standard InChI is InChI=1S/C16H20N4O2.C2H6/c1-11-5-6-14-13(8-11)16(15(9-17-14)20(21)22)18-12-4-3-7-19(2)10-12;1-2/h5-6,8-9,12H,3-4,7,10H2,1-2H3,(H,17,18);1-2H3. The molecule has 0 radical (unpaired) electrons. The van der Waals surface area contributed by atoms with Crippen LogP contribution in [-0.4, -0.2) is 41.0 Å². The molecule has 130 valence electrons. The topological polar surface area (TPSA) is 71.3 Å². The van der Waals surface area contributed by atoms with E-state index in [1.54, 1.807) is 0 Å². The van der Waals surface area contributed by atoms with Crippen molar-refractivity contribution in [1.82, 2.24) is 9.88 Å². The quantitative estimate of drug-likeness (QED) is 0.681. The first-order valence-electron chi connectivity index (χ1n) is 8.53. The third-order valence-electron chi connectivity index (χ3n) is 4.17. The van der Waals surface area contributed by atoms with Gasteiger partial charge in [-0.15, -0.1) is 0 Å². The number of aromatic nitrogens is 1. The van der Waals surface area contributed by atoms with E-state index in [1.807, 2.05) is 39.0 Å². The summed E-state index contributed by atoms with van der Waals surface area (Å²) in [5.41, 5.74) is 2.49. The SMILES string of the molecule is CC.Cc1ccc2ncc([N+](=O)[O-])c(NC3CCCN(C)C3)c2c1. The van der Waals surface area contributed by atoms with Gasteiger partial charge in [0.15, 0.2) is 0 Å². The molecule has 0 spiro atoms. The summed E-state index contributed by atoms with van der Waals surface area (Å²) in [6.07, 6.45) is 3.48. The average molecular weight is 330 g/mol. The van der Waals surface area contributed by atoms with Gasteiger partial charge in [-0.3, -0.25) is 10.1 Å². The van der Waals surface area contributed by atoms with Gasteiger partial charge in [-0.1, -0.05) is 25.5 Å². The third-order valence-corrected chi connectivity index (χ3v) is 4.17. The Balaban J connectivity index is 0.00000100. The first-order chi connectivity index (χ1) is 11.5. The highest BCUT2D eigenvalue weighted by atomic mass is 16.6. The fraction of sp³-hybridized carbons (Fsp3) is 0.500. The van der Waals surface area contributed by atoms with Crippen LogP contribution in [0.25, 0.3) is 10.9 Å². The van der Waals surface area contributed by atoms with E-state index in [1.165, 1.54) is 6.20 Å². The molecule has 1 unspecified atom stereocenters. The number of likely N-dealkylation sites (tertiary alicyclic amines) is 1. The van der Waals surface area contributed by atoms with Crippen LogP contribution >= 0.6 is 0 Å². The molecule has 1 aromatic carbocycles. The monoisotopic (exact) mass is 330 g/mol. The van der Waals surface area contributed by atoms with Crippen LogP contribution in [0.5, 0.6) is 0 Å². The smallest absolute Gasteiger partial charge is 0.311 e. The first kappa shape index (κ1) is 18.1. The lowest BCUT2D eigenvalue weighted by Gasteiger charge is -2.31. The number of benzene rings is 1. The summed E-state index contributed by atoms with van der Waals surface area (Å²) < 4.78 is 0. The van der Waals surface area contributed by atoms with E-state index in [2.05, 4.69) is 22.2 Å². The molecule has 6 heteroatoms. The van der Waals surface area contributed by atoms with Crippen molar-refractivity contribution >= 4 is 22.3 Å². The largest absolute Gasteiger partial charge is 0.375 e. The van der Waals surface area contributed by atoms with Gasteiger partial charge in [0.2, 0.25) is 0 Å². The molecule has 1 aliphatic rings. The Hall–Kier alpha value is -2.21. The number of aryl methyl sites for hydroxylation is 1. The Morgan fingerprint density at radius 1 is 1.38 bits per heavy atom. The number of pyridine rings is 1. The molecule has 0 aliphatic carbocycles. The molecular weight excluding hydrogens is 304 g/mol. The Labute approximate surface area is 143 Å². The van der Waals surface area contributed by atoms with E-state index in [9.17, 15) is 10.1 Å². The second kappa shape index (κ2) is 8.06. The van der Waals surface area contributed by atoms with Crippen LogP contribution in [0, 0.1) is 17.0 Å². The van der Waals surface area contributed by atoms with Gasteiger partial charge >= 0.3 is 5.69 Å². The second-order valence-electron chi connectivity index (χ2n) is 6.04. The Morgan fingerprint density at radius 2 is 2.12 bits per heavy atom. The van der Waals surface area contributed by atoms with E-state index in [0.717, 1.165) is 42.4 Å². The highest BCUT2D eigenvalue weighted by molar-refractivity contribution is 5.96. The Kier molecular flexibility index (Phi) is 6.09. The van der Waals surface area contributed by atoms with Crippen LogP contribution in [-0.2, 0) is 0 Å². The summed E-state index contributed by atoms with van der Waals surface area (Å²) in [7, 11) is 2.08. The number of fused-ring (bicyclic) bond motifs is 1. The van der Waals surface area contributed by atoms with Crippen molar-refractivity contribution in [2.45, 2.75) is 39.7 Å². The van der Waals surface area contributed by atoms with Gasteiger partial charge in [0.1, 0.15) is 11.9 Å². The Bertz CT molecular complexity index is 717. The molecule has 1 N–H and O–H groups in total. The normalized spacial score (nSPS) is 17.9. The Morgan fingerprint density at radius 3 is 2.79 bits per heavy atom. The summed E-state index contributed by atoms with van der Waals surface area (Å²) in [5, 5.41) is 15.6. The summed E-state index contributed by atoms with van der Waals surface area (Å²) in [5.74, 6) is 0. The minimum atomic E-state index is -0.357. The van der Waals surface area contributed by atoms with Crippen LogP contribution in [0.2, 0.25) is 0 Å². The molecule has 0 amide bonds. The van der Waals surface area contributed by atoms with Gasteiger partial charge < -0.3 is 10.2 Å². The molecule has 1 aromatic heterocycles. The summed E-state index contributed by atoms with van der Waals surface area (Å²) in [6, 6.07) is 6.07. The molecule has 3 rings (SSSR count). The zero-order valence-corrected chi connectivity index (χ0v) is 14.9. The lowest BCUT2D eigenvalue weighted by molar-refractivity contribution is -0.384. The maximum atomic E-state index is 11.4. The van der Waals surface area contributed by atoms with E-state index >= 15 is 0 Å². The number of rotatable bonds is 3. The molecular formula is C18H26N4O2. The molecule has 2 aromatic rings. The lowest BCUT2D eigenvalue weighted by atomic mass is 10.0. The minimum absolute atomic E-state index is 0.0475.